The third kappa shape index (κ3) is 3.95. The number of nitrogens with one attached hydrogen (secondary N) is 1. The predicted octanol–water partition coefficient (Wildman–Crippen LogP) is 5.12. The van der Waals surface area contributed by atoms with E-state index in [1.807, 2.05) is 19.1 Å². The molecule has 0 spiro atoms. The highest BCUT2D eigenvalue weighted by atomic mass is 35.5. The van der Waals surface area contributed by atoms with Gasteiger partial charge in [0.05, 0.1) is 26.4 Å². The van der Waals surface area contributed by atoms with E-state index in [0.717, 1.165) is 5.56 Å². The highest BCUT2D eigenvalue weighted by Crippen LogP contribution is 2.33. The molecule has 8 nitrogen and oxygen atoms in total. The summed E-state index contributed by atoms with van der Waals surface area (Å²) in [6.07, 6.45) is 1.45. The molecule has 4 aromatic rings. The lowest BCUT2D eigenvalue weighted by Gasteiger charge is -2.03. The number of fused-ring (bicyclic) bond motifs is 1. The third-order valence-electron chi connectivity index (χ3n) is 4.58. The maximum atomic E-state index is 12.4. The molecule has 31 heavy (non-hydrogen) atoms. The van der Waals surface area contributed by atoms with Crippen LogP contribution in [0.2, 0.25) is 5.02 Å². The summed E-state index contributed by atoms with van der Waals surface area (Å²) >= 11 is 6.15. The number of benzene rings is 2. The van der Waals surface area contributed by atoms with Gasteiger partial charge in [-0.1, -0.05) is 17.7 Å². The van der Waals surface area contributed by atoms with Crippen molar-refractivity contribution in [3.05, 3.63) is 91.2 Å². The number of furan rings is 1. The number of non-ortho nitro benzene ring substituents is 1. The molecular weight excluding hydrogens is 420 g/mol. The van der Waals surface area contributed by atoms with Crippen LogP contribution in [0.15, 0.2) is 57.7 Å². The van der Waals surface area contributed by atoms with E-state index >= 15 is 0 Å². The zero-order valence-electron chi connectivity index (χ0n) is 16.0. The standard InChI is InChI=1S/C22H13ClN4O4/c1-12-2-5-17-19(8-12)25-21(26-22(17)28)13(11-24)9-15-4-7-20(31-15)16-6-3-14(27(29)30)10-18(16)23/h2-10H,1H3,(H,25,26,28)/b13-9+. The number of halogens is 1. The van der Waals surface area contributed by atoms with Crippen molar-refractivity contribution in [2.75, 3.05) is 0 Å². The Morgan fingerprint density at radius 1 is 1.26 bits per heavy atom. The molecule has 0 aliphatic carbocycles. The van der Waals surface area contributed by atoms with Gasteiger partial charge in [0.1, 0.15) is 17.6 Å². The van der Waals surface area contributed by atoms with E-state index in [1.54, 1.807) is 24.3 Å². The van der Waals surface area contributed by atoms with Gasteiger partial charge in [0.2, 0.25) is 0 Å². The Bertz CT molecular complexity index is 1480. The second-order valence-electron chi connectivity index (χ2n) is 6.73. The molecule has 0 aliphatic heterocycles. The van der Waals surface area contributed by atoms with Crippen molar-refractivity contribution in [2.24, 2.45) is 0 Å². The van der Waals surface area contributed by atoms with E-state index in [0.29, 0.717) is 28.0 Å². The molecule has 0 amide bonds. The van der Waals surface area contributed by atoms with Crippen molar-refractivity contribution >= 4 is 39.8 Å². The molecule has 0 fully saturated rings. The second kappa shape index (κ2) is 7.89. The monoisotopic (exact) mass is 432 g/mol. The van der Waals surface area contributed by atoms with Gasteiger partial charge in [0.25, 0.3) is 11.2 Å². The van der Waals surface area contributed by atoms with Gasteiger partial charge in [-0.05, 0) is 42.8 Å². The summed E-state index contributed by atoms with van der Waals surface area (Å²) in [5.41, 5.74) is 1.52. The van der Waals surface area contributed by atoms with Crippen molar-refractivity contribution < 1.29 is 9.34 Å². The lowest BCUT2D eigenvalue weighted by Crippen LogP contribution is -2.11. The fraction of sp³-hybridized carbons (Fsp3) is 0.0455. The van der Waals surface area contributed by atoms with Gasteiger partial charge in [-0.2, -0.15) is 5.26 Å². The molecule has 0 radical (unpaired) electrons. The van der Waals surface area contributed by atoms with Crippen LogP contribution in [0.4, 0.5) is 5.69 Å². The first kappa shape index (κ1) is 20.1. The number of nitro benzene ring substituents is 1. The number of nitro groups is 1. The van der Waals surface area contributed by atoms with Gasteiger partial charge < -0.3 is 9.40 Å². The molecule has 0 unspecified atom stereocenters. The van der Waals surface area contributed by atoms with Crippen LogP contribution in [-0.2, 0) is 0 Å². The average molecular weight is 433 g/mol. The molecule has 0 saturated heterocycles. The van der Waals surface area contributed by atoms with Crippen LogP contribution < -0.4 is 5.56 Å². The first-order valence-electron chi connectivity index (χ1n) is 9.03. The van der Waals surface area contributed by atoms with E-state index in [2.05, 4.69) is 9.97 Å². The van der Waals surface area contributed by atoms with Crippen LogP contribution in [0.1, 0.15) is 17.1 Å². The predicted molar refractivity (Wildman–Crippen MR) is 116 cm³/mol. The largest absolute Gasteiger partial charge is 0.457 e. The number of H-pyrrole nitrogens is 1. The second-order valence-corrected chi connectivity index (χ2v) is 7.14. The topological polar surface area (TPSA) is 126 Å². The molecule has 2 aromatic carbocycles. The van der Waals surface area contributed by atoms with Crippen LogP contribution >= 0.6 is 11.6 Å². The van der Waals surface area contributed by atoms with Crippen molar-refractivity contribution in [3.63, 3.8) is 0 Å². The lowest BCUT2D eigenvalue weighted by molar-refractivity contribution is -0.384. The fourth-order valence-electron chi connectivity index (χ4n) is 3.07. The Labute approximate surface area is 180 Å². The Balaban J connectivity index is 1.73. The highest BCUT2D eigenvalue weighted by molar-refractivity contribution is 6.33. The van der Waals surface area contributed by atoms with Crippen LogP contribution in [0.25, 0.3) is 33.9 Å². The Hall–Kier alpha value is -4.22. The zero-order chi connectivity index (χ0) is 22.1. The maximum absolute atomic E-state index is 12.4. The normalized spacial score (nSPS) is 11.5. The van der Waals surface area contributed by atoms with Gasteiger partial charge in [0.15, 0.2) is 5.82 Å². The van der Waals surface area contributed by atoms with Crippen LogP contribution in [0, 0.1) is 28.4 Å². The number of nitrogens with zero attached hydrogens (tertiary/aromatic N) is 3. The highest BCUT2D eigenvalue weighted by Gasteiger charge is 2.14. The Morgan fingerprint density at radius 2 is 2.06 bits per heavy atom. The number of aryl methyl sites for hydroxylation is 1. The summed E-state index contributed by atoms with van der Waals surface area (Å²) in [5.74, 6) is 0.823. The lowest BCUT2D eigenvalue weighted by atomic mass is 10.1. The van der Waals surface area contributed by atoms with E-state index in [1.165, 1.54) is 24.3 Å². The molecule has 4 rings (SSSR count). The SMILES string of the molecule is Cc1ccc2c(=O)[nH]c(/C(C#N)=C/c3ccc(-c4ccc([N+](=O)[O-])cc4Cl)o3)nc2c1. The van der Waals surface area contributed by atoms with Crippen molar-refractivity contribution in [2.45, 2.75) is 6.92 Å². The minimum absolute atomic E-state index is 0.108. The molecule has 0 saturated carbocycles. The van der Waals surface area contributed by atoms with E-state index < -0.39 is 4.92 Å². The minimum Gasteiger partial charge on any atom is -0.457 e. The Kier molecular flexibility index (Phi) is 5.11. The van der Waals surface area contributed by atoms with Crippen LogP contribution in [-0.4, -0.2) is 14.9 Å². The zero-order valence-corrected chi connectivity index (χ0v) is 16.8. The van der Waals surface area contributed by atoms with Crippen molar-refractivity contribution in [1.29, 1.82) is 5.26 Å². The Morgan fingerprint density at radius 3 is 2.77 bits per heavy atom. The number of hydrogen-bond donors (Lipinski definition) is 1. The van der Waals surface area contributed by atoms with Crippen LogP contribution in [0.5, 0.6) is 0 Å². The van der Waals surface area contributed by atoms with Crippen LogP contribution in [0.3, 0.4) is 0 Å². The summed E-state index contributed by atoms with van der Waals surface area (Å²) in [6, 6.07) is 14.6. The van der Waals surface area contributed by atoms with Gasteiger partial charge in [0, 0.05) is 23.8 Å². The first-order valence-corrected chi connectivity index (χ1v) is 9.40. The molecule has 2 aromatic heterocycles. The summed E-state index contributed by atoms with van der Waals surface area (Å²) < 4.78 is 5.74. The molecule has 2 heterocycles. The van der Waals surface area contributed by atoms with Gasteiger partial charge in [-0.25, -0.2) is 4.98 Å². The molecular formula is C22H13ClN4O4. The first-order chi connectivity index (χ1) is 14.9. The van der Waals surface area contributed by atoms with E-state index in [-0.39, 0.29) is 27.7 Å². The third-order valence-corrected chi connectivity index (χ3v) is 4.89. The van der Waals surface area contributed by atoms with E-state index in [9.17, 15) is 20.2 Å². The number of aromatic amines is 1. The summed E-state index contributed by atoms with van der Waals surface area (Å²) in [7, 11) is 0. The fourth-order valence-corrected chi connectivity index (χ4v) is 3.33. The van der Waals surface area contributed by atoms with Gasteiger partial charge in [-0.3, -0.25) is 14.9 Å². The number of allylic oxidation sites excluding steroid dienone is 1. The number of aromatic nitrogens is 2. The van der Waals surface area contributed by atoms with E-state index in [4.69, 9.17) is 16.0 Å². The molecule has 0 atom stereocenters. The summed E-state index contributed by atoms with van der Waals surface area (Å²) in [4.78, 5) is 29.7. The molecule has 1 N–H and O–H groups in total. The van der Waals surface area contributed by atoms with Crippen molar-refractivity contribution in [1.82, 2.24) is 9.97 Å². The number of rotatable bonds is 4. The minimum atomic E-state index is -0.538. The average Bonchev–Trinajstić information content (AvgIpc) is 3.19. The number of hydrogen-bond acceptors (Lipinski definition) is 6. The van der Waals surface area contributed by atoms with Gasteiger partial charge in [-0.15, -0.1) is 0 Å². The molecule has 152 valence electrons. The molecule has 0 bridgehead atoms. The van der Waals surface area contributed by atoms with Gasteiger partial charge >= 0.3 is 0 Å². The summed E-state index contributed by atoms with van der Waals surface area (Å²) in [6.45, 7) is 1.89. The molecule has 0 aliphatic rings. The quantitative estimate of drug-likeness (QED) is 0.271. The molecule has 9 heteroatoms. The maximum Gasteiger partial charge on any atom is 0.270 e. The summed E-state index contributed by atoms with van der Waals surface area (Å²) in [5, 5.41) is 21.1. The van der Waals surface area contributed by atoms with Crippen molar-refractivity contribution in [3.8, 4) is 17.4 Å². The smallest absolute Gasteiger partial charge is 0.270 e. The number of nitriles is 1.